The van der Waals surface area contributed by atoms with E-state index in [0.717, 1.165) is 35.4 Å². The highest BCUT2D eigenvalue weighted by atomic mass is 16.3. The molecule has 3 aromatic rings. The fraction of sp³-hybridized carbons (Fsp3) is 0.250. The number of nitrogens with zero attached hydrogens (tertiary/aromatic N) is 3. The molecule has 0 aliphatic rings. The molecule has 0 N–H and O–H groups in total. The van der Waals surface area contributed by atoms with Crippen molar-refractivity contribution in [1.29, 1.82) is 0 Å². The number of anilines is 1. The van der Waals surface area contributed by atoms with Gasteiger partial charge < -0.3 is 9.32 Å². The topological polar surface area (TPSA) is 42.2 Å². The fourth-order valence-electron chi connectivity index (χ4n) is 2.45. The van der Waals surface area contributed by atoms with Crippen LogP contribution in [0.15, 0.2) is 47.3 Å². The molecule has 2 aromatic heterocycles. The van der Waals surface area contributed by atoms with E-state index in [0.29, 0.717) is 5.71 Å². The second-order valence-corrected chi connectivity index (χ2v) is 4.57. The van der Waals surface area contributed by atoms with E-state index in [1.54, 1.807) is 12.6 Å². The number of aromatic nitrogens is 2. The molecule has 0 aliphatic carbocycles. The third-order valence-corrected chi connectivity index (χ3v) is 3.50. The summed E-state index contributed by atoms with van der Waals surface area (Å²) in [5, 5.41) is 0.988. The summed E-state index contributed by atoms with van der Waals surface area (Å²) in [5.41, 5.74) is 2.80. The van der Waals surface area contributed by atoms with E-state index in [1.165, 1.54) is 0 Å². The van der Waals surface area contributed by atoms with Crippen LogP contribution in [0.25, 0.3) is 22.2 Å². The van der Waals surface area contributed by atoms with Crippen molar-refractivity contribution in [3.05, 3.63) is 42.9 Å². The highest BCUT2D eigenvalue weighted by Gasteiger charge is 2.17. The Kier molecular flexibility index (Phi) is 3.37. The van der Waals surface area contributed by atoms with E-state index >= 15 is 0 Å². The van der Waals surface area contributed by atoms with Crippen molar-refractivity contribution in [2.45, 2.75) is 13.8 Å². The van der Waals surface area contributed by atoms with Crippen molar-refractivity contribution < 1.29 is 4.42 Å². The molecular weight excluding hydrogens is 250 g/mol. The van der Waals surface area contributed by atoms with Crippen molar-refractivity contribution >= 4 is 16.9 Å². The zero-order valence-electron chi connectivity index (χ0n) is 11.7. The lowest BCUT2D eigenvalue weighted by atomic mass is 10.1. The van der Waals surface area contributed by atoms with E-state index in [1.807, 2.05) is 18.2 Å². The minimum atomic E-state index is 0.640. The van der Waals surface area contributed by atoms with Crippen molar-refractivity contribution in [1.82, 2.24) is 9.97 Å². The van der Waals surface area contributed by atoms with Gasteiger partial charge in [0.25, 0.3) is 0 Å². The van der Waals surface area contributed by atoms with E-state index in [-0.39, 0.29) is 0 Å². The first-order chi connectivity index (χ1) is 9.85. The number of fused-ring (bicyclic) bond motifs is 1. The minimum absolute atomic E-state index is 0.640. The second kappa shape index (κ2) is 5.33. The van der Waals surface area contributed by atoms with Crippen LogP contribution in [0, 0.1) is 0 Å². The van der Waals surface area contributed by atoms with Crippen LogP contribution in [0.4, 0.5) is 5.82 Å². The minimum Gasteiger partial charge on any atom is -0.445 e. The summed E-state index contributed by atoms with van der Waals surface area (Å²) in [6.45, 7) is 6.06. The molecule has 0 radical (unpaired) electrons. The van der Waals surface area contributed by atoms with E-state index in [4.69, 9.17) is 4.42 Å². The average molecular weight is 267 g/mol. The molecular formula is C16H17N3O. The molecule has 3 rings (SSSR count). The summed E-state index contributed by atoms with van der Waals surface area (Å²) in [4.78, 5) is 10.9. The number of rotatable bonds is 4. The van der Waals surface area contributed by atoms with Crippen LogP contribution in [-0.2, 0) is 0 Å². The first kappa shape index (κ1) is 12.7. The fourth-order valence-corrected chi connectivity index (χ4v) is 2.45. The average Bonchev–Trinajstić information content (AvgIpc) is 2.94. The lowest BCUT2D eigenvalue weighted by Gasteiger charge is -2.20. The Bertz CT molecular complexity index is 702. The molecule has 0 spiro atoms. The molecule has 0 aliphatic heterocycles. The van der Waals surface area contributed by atoms with Gasteiger partial charge in [0.15, 0.2) is 0 Å². The molecule has 102 valence electrons. The van der Waals surface area contributed by atoms with Crippen LogP contribution in [0.5, 0.6) is 0 Å². The Morgan fingerprint density at radius 1 is 1.05 bits per heavy atom. The first-order valence-corrected chi connectivity index (χ1v) is 6.87. The van der Waals surface area contributed by atoms with Gasteiger partial charge in [0, 0.05) is 18.7 Å². The van der Waals surface area contributed by atoms with Crippen LogP contribution < -0.4 is 4.90 Å². The van der Waals surface area contributed by atoms with Crippen LogP contribution in [0.3, 0.4) is 0 Å². The predicted molar refractivity (Wildman–Crippen MR) is 80.8 cm³/mol. The van der Waals surface area contributed by atoms with E-state index in [9.17, 15) is 0 Å². The van der Waals surface area contributed by atoms with Gasteiger partial charge in [0.05, 0.1) is 5.39 Å². The van der Waals surface area contributed by atoms with Gasteiger partial charge in [-0.3, -0.25) is 0 Å². The quantitative estimate of drug-likeness (QED) is 0.722. The maximum Gasteiger partial charge on any atom is 0.231 e. The zero-order chi connectivity index (χ0) is 13.9. The molecule has 2 heterocycles. The highest BCUT2D eigenvalue weighted by molar-refractivity contribution is 5.99. The predicted octanol–water partition coefficient (Wildman–Crippen LogP) is 3.74. The molecule has 0 fully saturated rings. The maximum atomic E-state index is 5.61. The Hall–Kier alpha value is -2.36. The summed E-state index contributed by atoms with van der Waals surface area (Å²) in [6.07, 6.45) is 3.33. The van der Waals surface area contributed by atoms with Crippen molar-refractivity contribution in [3.8, 4) is 11.1 Å². The number of furan rings is 1. The van der Waals surface area contributed by atoms with Gasteiger partial charge in [0.2, 0.25) is 5.71 Å². The van der Waals surface area contributed by atoms with Crippen LogP contribution in [-0.4, -0.2) is 23.1 Å². The molecule has 0 amide bonds. The van der Waals surface area contributed by atoms with Crippen LogP contribution in [0.1, 0.15) is 13.8 Å². The van der Waals surface area contributed by atoms with Crippen molar-refractivity contribution in [3.63, 3.8) is 0 Å². The van der Waals surface area contributed by atoms with Crippen molar-refractivity contribution in [2.24, 2.45) is 0 Å². The lowest BCUT2D eigenvalue weighted by molar-refractivity contribution is 0.603. The van der Waals surface area contributed by atoms with Gasteiger partial charge in [-0.05, 0) is 19.4 Å². The van der Waals surface area contributed by atoms with Crippen LogP contribution >= 0.6 is 0 Å². The smallest absolute Gasteiger partial charge is 0.231 e. The molecule has 0 atom stereocenters. The third kappa shape index (κ3) is 2.03. The molecule has 0 saturated heterocycles. The number of hydrogen-bond donors (Lipinski definition) is 0. The number of hydrogen-bond acceptors (Lipinski definition) is 4. The monoisotopic (exact) mass is 267 g/mol. The Labute approximate surface area is 118 Å². The Balaban J connectivity index is 2.25. The van der Waals surface area contributed by atoms with E-state index in [2.05, 4.69) is 40.8 Å². The Morgan fingerprint density at radius 3 is 2.50 bits per heavy atom. The maximum absolute atomic E-state index is 5.61. The SMILES string of the molecule is CCN(CC)c1ncnc2occ(-c3ccccc3)c12. The standard InChI is InChI=1S/C16H17N3O/c1-3-19(4-2)15-14-13(12-8-6-5-7-9-12)10-20-16(14)18-11-17-15/h5-11H,3-4H2,1-2H3. The van der Waals surface area contributed by atoms with Crippen LogP contribution in [0.2, 0.25) is 0 Å². The second-order valence-electron chi connectivity index (χ2n) is 4.57. The van der Waals surface area contributed by atoms with Gasteiger partial charge in [-0.1, -0.05) is 30.3 Å². The van der Waals surface area contributed by atoms with E-state index < -0.39 is 0 Å². The molecule has 4 heteroatoms. The zero-order valence-corrected chi connectivity index (χ0v) is 11.7. The third-order valence-electron chi connectivity index (χ3n) is 3.50. The van der Waals surface area contributed by atoms with Gasteiger partial charge in [-0.2, -0.15) is 0 Å². The summed E-state index contributed by atoms with van der Waals surface area (Å²) in [7, 11) is 0. The van der Waals surface area contributed by atoms with Gasteiger partial charge in [0.1, 0.15) is 18.4 Å². The first-order valence-electron chi connectivity index (χ1n) is 6.87. The highest BCUT2D eigenvalue weighted by Crippen LogP contribution is 2.34. The summed E-state index contributed by atoms with van der Waals surface area (Å²) in [6, 6.07) is 10.2. The largest absolute Gasteiger partial charge is 0.445 e. The normalized spacial score (nSPS) is 10.9. The number of benzene rings is 1. The molecule has 4 nitrogen and oxygen atoms in total. The summed E-state index contributed by atoms with van der Waals surface area (Å²) < 4.78 is 5.61. The van der Waals surface area contributed by atoms with Gasteiger partial charge in [-0.25, -0.2) is 9.97 Å². The molecule has 20 heavy (non-hydrogen) atoms. The Morgan fingerprint density at radius 2 is 1.80 bits per heavy atom. The molecule has 0 saturated carbocycles. The molecule has 0 bridgehead atoms. The molecule has 1 aromatic carbocycles. The molecule has 0 unspecified atom stereocenters. The lowest BCUT2D eigenvalue weighted by Crippen LogP contribution is -2.23. The summed E-state index contributed by atoms with van der Waals surface area (Å²) in [5.74, 6) is 0.938. The van der Waals surface area contributed by atoms with Crippen molar-refractivity contribution in [2.75, 3.05) is 18.0 Å². The van der Waals surface area contributed by atoms with Gasteiger partial charge in [-0.15, -0.1) is 0 Å². The van der Waals surface area contributed by atoms with Gasteiger partial charge >= 0.3 is 0 Å². The summed E-state index contributed by atoms with van der Waals surface area (Å²) >= 11 is 0.